The third-order valence-corrected chi connectivity index (χ3v) is 3.50. The highest BCUT2D eigenvalue weighted by molar-refractivity contribution is 5.55. The van der Waals surface area contributed by atoms with E-state index in [0.717, 1.165) is 24.7 Å². The minimum Gasteiger partial charge on any atom is -0.330 e. The van der Waals surface area contributed by atoms with Crippen LogP contribution in [0.1, 0.15) is 12.2 Å². The number of rotatable bonds is 2. The van der Waals surface area contributed by atoms with Gasteiger partial charge in [-0.3, -0.25) is 0 Å². The van der Waals surface area contributed by atoms with E-state index in [1.165, 1.54) is 12.1 Å². The third-order valence-electron chi connectivity index (χ3n) is 3.50. The molecule has 0 amide bonds. The molecule has 1 atom stereocenters. The van der Waals surface area contributed by atoms with E-state index in [4.69, 9.17) is 5.73 Å². The van der Waals surface area contributed by atoms with E-state index in [-0.39, 0.29) is 0 Å². The quantitative estimate of drug-likeness (QED) is 0.899. The lowest BCUT2D eigenvalue weighted by Gasteiger charge is -2.22. The van der Waals surface area contributed by atoms with Gasteiger partial charge in [-0.2, -0.15) is 0 Å². The van der Waals surface area contributed by atoms with Crippen LogP contribution in [0.4, 0.5) is 8.78 Å². The number of aryl methyl sites for hydroxylation is 1. The molecule has 4 nitrogen and oxygen atoms in total. The molecule has 3 rings (SSSR count). The van der Waals surface area contributed by atoms with Crippen LogP contribution in [0, 0.1) is 17.6 Å². The van der Waals surface area contributed by atoms with Crippen LogP contribution in [0.15, 0.2) is 18.2 Å². The molecule has 0 radical (unpaired) electrons. The van der Waals surface area contributed by atoms with Crippen molar-refractivity contribution in [1.82, 2.24) is 14.8 Å². The maximum absolute atomic E-state index is 13.3. The van der Waals surface area contributed by atoms with E-state index in [0.29, 0.717) is 30.4 Å². The lowest BCUT2D eigenvalue weighted by atomic mass is 9.99. The van der Waals surface area contributed by atoms with Gasteiger partial charge in [0.1, 0.15) is 17.5 Å². The van der Waals surface area contributed by atoms with E-state index < -0.39 is 11.6 Å². The van der Waals surface area contributed by atoms with Crippen LogP contribution in [0.5, 0.6) is 0 Å². The summed E-state index contributed by atoms with van der Waals surface area (Å²) in [6, 6.07) is 3.39. The molecule has 2 heterocycles. The van der Waals surface area contributed by atoms with Gasteiger partial charge < -0.3 is 10.3 Å². The van der Waals surface area contributed by atoms with Gasteiger partial charge in [-0.1, -0.05) is 0 Å². The van der Waals surface area contributed by atoms with E-state index in [1.54, 1.807) is 0 Å². The van der Waals surface area contributed by atoms with Gasteiger partial charge in [0.15, 0.2) is 5.82 Å². The maximum Gasteiger partial charge on any atom is 0.164 e. The van der Waals surface area contributed by atoms with Crippen molar-refractivity contribution in [2.75, 3.05) is 6.54 Å². The number of hydrogen-bond acceptors (Lipinski definition) is 3. The minimum atomic E-state index is -0.612. The number of hydrogen-bond donors (Lipinski definition) is 1. The summed E-state index contributed by atoms with van der Waals surface area (Å²) in [7, 11) is 0. The van der Waals surface area contributed by atoms with Gasteiger partial charge in [0.05, 0.1) is 0 Å². The average Bonchev–Trinajstić information content (AvgIpc) is 2.80. The zero-order chi connectivity index (χ0) is 13.4. The Labute approximate surface area is 109 Å². The van der Waals surface area contributed by atoms with E-state index in [2.05, 4.69) is 10.2 Å². The largest absolute Gasteiger partial charge is 0.330 e. The Kier molecular flexibility index (Phi) is 3.02. The summed E-state index contributed by atoms with van der Waals surface area (Å²) >= 11 is 0. The second-order valence-electron chi connectivity index (χ2n) is 4.85. The summed E-state index contributed by atoms with van der Waals surface area (Å²) in [5.74, 6) is 0.494. The van der Waals surface area contributed by atoms with Crippen molar-refractivity contribution < 1.29 is 8.78 Å². The van der Waals surface area contributed by atoms with Crippen LogP contribution in [-0.4, -0.2) is 21.3 Å². The van der Waals surface area contributed by atoms with Gasteiger partial charge in [0.25, 0.3) is 0 Å². The van der Waals surface area contributed by atoms with Crippen LogP contribution < -0.4 is 5.73 Å². The highest BCUT2D eigenvalue weighted by Crippen LogP contribution is 2.26. The Hall–Kier alpha value is -1.82. The van der Waals surface area contributed by atoms with Gasteiger partial charge >= 0.3 is 0 Å². The van der Waals surface area contributed by atoms with Crippen molar-refractivity contribution in [1.29, 1.82) is 0 Å². The Morgan fingerprint density at radius 3 is 2.63 bits per heavy atom. The van der Waals surface area contributed by atoms with Crippen molar-refractivity contribution in [2.24, 2.45) is 11.7 Å². The smallest absolute Gasteiger partial charge is 0.164 e. The Balaban J connectivity index is 2.04. The van der Waals surface area contributed by atoms with Crippen molar-refractivity contribution in [3.8, 4) is 11.4 Å². The van der Waals surface area contributed by atoms with Crippen molar-refractivity contribution in [2.45, 2.75) is 19.4 Å². The summed E-state index contributed by atoms with van der Waals surface area (Å²) in [6.45, 7) is 1.29. The molecule has 0 aliphatic carbocycles. The predicted molar refractivity (Wildman–Crippen MR) is 66.2 cm³/mol. The predicted octanol–water partition coefficient (Wildman–Crippen LogP) is 1.74. The Bertz CT molecular complexity index is 588. The molecule has 1 aromatic heterocycles. The topological polar surface area (TPSA) is 56.7 Å². The molecule has 100 valence electrons. The van der Waals surface area contributed by atoms with Crippen molar-refractivity contribution in [3.05, 3.63) is 35.7 Å². The standard InChI is InChI=1S/C13H14F2N4/c14-10-3-9(4-11(15)5-10)13-18-17-12-2-1-8(6-16)7-19(12)13/h3-5,8H,1-2,6-7,16H2. The van der Waals surface area contributed by atoms with Crippen LogP contribution in [0.2, 0.25) is 0 Å². The number of halogens is 2. The molecule has 1 aliphatic heterocycles. The summed E-state index contributed by atoms with van der Waals surface area (Å²) in [4.78, 5) is 0. The van der Waals surface area contributed by atoms with E-state index in [1.807, 2.05) is 4.57 Å². The van der Waals surface area contributed by atoms with Gasteiger partial charge in [-0.05, 0) is 31.0 Å². The Morgan fingerprint density at radius 2 is 1.95 bits per heavy atom. The van der Waals surface area contributed by atoms with E-state index in [9.17, 15) is 8.78 Å². The lowest BCUT2D eigenvalue weighted by Crippen LogP contribution is -2.26. The molecule has 0 fully saturated rings. The maximum atomic E-state index is 13.3. The van der Waals surface area contributed by atoms with Crippen LogP contribution in [0.25, 0.3) is 11.4 Å². The molecule has 2 aromatic rings. The zero-order valence-electron chi connectivity index (χ0n) is 10.3. The van der Waals surface area contributed by atoms with E-state index >= 15 is 0 Å². The van der Waals surface area contributed by atoms with Crippen LogP contribution in [-0.2, 0) is 13.0 Å². The first-order valence-electron chi connectivity index (χ1n) is 6.26. The van der Waals surface area contributed by atoms with Gasteiger partial charge in [0.2, 0.25) is 0 Å². The summed E-state index contributed by atoms with van der Waals surface area (Å²) in [5.41, 5.74) is 6.10. The van der Waals surface area contributed by atoms with Crippen LogP contribution in [0.3, 0.4) is 0 Å². The summed E-state index contributed by atoms with van der Waals surface area (Å²) in [5, 5.41) is 8.15. The number of benzene rings is 1. The molecule has 1 aliphatic rings. The zero-order valence-corrected chi connectivity index (χ0v) is 10.3. The molecule has 1 unspecified atom stereocenters. The fourth-order valence-electron chi connectivity index (χ4n) is 2.48. The van der Waals surface area contributed by atoms with Crippen LogP contribution >= 0.6 is 0 Å². The summed E-state index contributed by atoms with van der Waals surface area (Å²) in [6.07, 6.45) is 1.78. The second kappa shape index (κ2) is 4.70. The fraction of sp³-hybridized carbons (Fsp3) is 0.385. The number of nitrogens with two attached hydrogens (primary N) is 1. The first-order valence-corrected chi connectivity index (χ1v) is 6.26. The number of fused-ring (bicyclic) bond motifs is 1. The molecule has 0 spiro atoms. The number of aromatic nitrogens is 3. The molecule has 19 heavy (non-hydrogen) atoms. The third kappa shape index (κ3) is 2.23. The first kappa shape index (κ1) is 12.2. The van der Waals surface area contributed by atoms with Gasteiger partial charge in [-0.15, -0.1) is 10.2 Å². The molecule has 0 bridgehead atoms. The second-order valence-corrected chi connectivity index (χ2v) is 4.85. The monoisotopic (exact) mass is 264 g/mol. The molecule has 0 saturated carbocycles. The van der Waals surface area contributed by atoms with Gasteiger partial charge in [0, 0.05) is 24.6 Å². The molecular formula is C13H14F2N4. The highest BCUT2D eigenvalue weighted by atomic mass is 19.1. The Morgan fingerprint density at radius 1 is 1.21 bits per heavy atom. The normalized spacial score (nSPS) is 18.4. The average molecular weight is 264 g/mol. The highest BCUT2D eigenvalue weighted by Gasteiger charge is 2.23. The lowest BCUT2D eigenvalue weighted by molar-refractivity contribution is 0.375. The molecule has 2 N–H and O–H groups in total. The van der Waals surface area contributed by atoms with Crippen molar-refractivity contribution >= 4 is 0 Å². The molecule has 6 heteroatoms. The SMILES string of the molecule is NCC1CCc2nnc(-c3cc(F)cc(F)c3)n2C1. The minimum absolute atomic E-state index is 0.362. The summed E-state index contributed by atoms with van der Waals surface area (Å²) < 4.78 is 28.5. The molecular weight excluding hydrogens is 250 g/mol. The van der Waals surface area contributed by atoms with Gasteiger partial charge in [-0.25, -0.2) is 8.78 Å². The first-order chi connectivity index (χ1) is 9.17. The fourth-order valence-corrected chi connectivity index (χ4v) is 2.48. The molecule has 0 saturated heterocycles. The van der Waals surface area contributed by atoms with Crippen molar-refractivity contribution in [3.63, 3.8) is 0 Å². The molecule has 1 aromatic carbocycles. The number of nitrogens with zero attached hydrogens (tertiary/aromatic N) is 3.